The number of aryl methyl sites for hydroxylation is 1. The molecule has 0 fully saturated rings. The van der Waals surface area contributed by atoms with Crippen LogP contribution in [-0.2, 0) is 0 Å². The van der Waals surface area contributed by atoms with Crippen molar-refractivity contribution in [3.63, 3.8) is 0 Å². The lowest BCUT2D eigenvalue weighted by molar-refractivity contribution is 0.208. The average Bonchev–Trinajstić information content (AvgIpc) is 2.33. The van der Waals surface area contributed by atoms with E-state index in [1.54, 1.807) is 19.1 Å². The summed E-state index contributed by atoms with van der Waals surface area (Å²) in [6.45, 7) is 1.79. The van der Waals surface area contributed by atoms with Crippen molar-refractivity contribution >= 4 is 27.5 Å². The fourth-order valence-electron chi connectivity index (χ4n) is 1.88. The molecule has 2 rings (SSSR count). The lowest BCUT2D eigenvalue weighted by atomic mass is 9.99. The Morgan fingerprint density at radius 3 is 2.53 bits per heavy atom. The van der Waals surface area contributed by atoms with Gasteiger partial charge in [0.25, 0.3) is 0 Å². The van der Waals surface area contributed by atoms with Crippen molar-refractivity contribution in [3.05, 3.63) is 68.2 Å². The molecule has 5 heteroatoms. The highest BCUT2D eigenvalue weighted by Crippen LogP contribution is 2.32. The first-order valence-electron chi connectivity index (χ1n) is 5.48. The quantitative estimate of drug-likeness (QED) is 0.776. The summed E-state index contributed by atoms with van der Waals surface area (Å²) in [5.74, 6) is -1.61. The van der Waals surface area contributed by atoms with Gasteiger partial charge in [0.05, 0.1) is 10.0 Å². The highest BCUT2D eigenvalue weighted by molar-refractivity contribution is 9.10. The first-order chi connectivity index (χ1) is 8.90. The topological polar surface area (TPSA) is 20.2 Å². The Kier molecular flexibility index (Phi) is 4.23. The second-order valence-corrected chi connectivity index (χ2v) is 5.51. The summed E-state index contributed by atoms with van der Waals surface area (Å²) in [5, 5.41) is 10.6. The van der Waals surface area contributed by atoms with Gasteiger partial charge in [-0.1, -0.05) is 17.7 Å². The maximum Gasteiger partial charge on any atom is 0.146 e. The van der Waals surface area contributed by atoms with E-state index in [0.29, 0.717) is 10.6 Å². The molecule has 0 aliphatic heterocycles. The molecule has 0 aromatic heterocycles. The van der Waals surface area contributed by atoms with E-state index in [4.69, 9.17) is 11.6 Å². The zero-order chi connectivity index (χ0) is 14.2. The standard InChI is InChI=1S/C14H10BrClF2O/c1-7-4-8(6-9(16)5-7)14(19)12-11(17)3-2-10(15)13(12)18/h2-6,14,19H,1H3. The number of halogens is 4. The molecule has 1 N–H and O–H groups in total. The molecule has 0 spiro atoms. The first kappa shape index (κ1) is 14.4. The maximum atomic E-state index is 13.9. The summed E-state index contributed by atoms with van der Waals surface area (Å²) >= 11 is 8.86. The Morgan fingerprint density at radius 2 is 1.89 bits per heavy atom. The number of hydrogen-bond acceptors (Lipinski definition) is 1. The summed E-state index contributed by atoms with van der Waals surface area (Å²) in [6.07, 6.45) is -1.41. The van der Waals surface area contributed by atoms with Crippen LogP contribution in [0, 0.1) is 18.6 Å². The zero-order valence-corrected chi connectivity index (χ0v) is 12.3. The SMILES string of the molecule is Cc1cc(Cl)cc(C(O)c2c(F)ccc(Br)c2F)c1. The Morgan fingerprint density at radius 1 is 1.21 bits per heavy atom. The third-order valence-electron chi connectivity index (χ3n) is 2.73. The summed E-state index contributed by atoms with van der Waals surface area (Å²) in [6, 6.07) is 7.17. The van der Waals surface area contributed by atoms with Crippen molar-refractivity contribution in [3.8, 4) is 0 Å². The number of benzene rings is 2. The monoisotopic (exact) mass is 346 g/mol. The van der Waals surface area contributed by atoms with Gasteiger partial charge in [0.15, 0.2) is 0 Å². The Balaban J connectivity index is 2.55. The fourth-order valence-corrected chi connectivity index (χ4v) is 2.53. The Bertz CT molecular complexity index is 611. The second-order valence-electron chi connectivity index (χ2n) is 4.22. The van der Waals surface area contributed by atoms with Gasteiger partial charge in [-0.05, 0) is 58.2 Å². The molecule has 0 amide bonds. The molecule has 0 heterocycles. The van der Waals surface area contributed by atoms with Crippen LogP contribution in [0.3, 0.4) is 0 Å². The van der Waals surface area contributed by atoms with E-state index in [9.17, 15) is 13.9 Å². The summed E-state index contributed by atoms with van der Waals surface area (Å²) < 4.78 is 27.7. The van der Waals surface area contributed by atoms with Gasteiger partial charge >= 0.3 is 0 Å². The van der Waals surface area contributed by atoms with Crippen LogP contribution < -0.4 is 0 Å². The number of rotatable bonds is 2. The summed E-state index contributed by atoms with van der Waals surface area (Å²) in [7, 11) is 0. The van der Waals surface area contributed by atoms with E-state index in [1.165, 1.54) is 12.1 Å². The van der Waals surface area contributed by atoms with Crippen LogP contribution in [-0.4, -0.2) is 5.11 Å². The molecule has 2 aromatic carbocycles. The van der Waals surface area contributed by atoms with E-state index < -0.39 is 23.3 Å². The van der Waals surface area contributed by atoms with E-state index in [0.717, 1.165) is 11.6 Å². The molecule has 0 radical (unpaired) electrons. The number of aliphatic hydroxyl groups is 1. The first-order valence-corrected chi connectivity index (χ1v) is 6.66. The van der Waals surface area contributed by atoms with Crippen LogP contribution in [0.1, 0.15) is 22.8 Å². The molecular formula is C14H10BrClF2O. The van der Waals surface area contributed by atoms with Crippen molar-refractivity contribution in [1.82, 2.24) is 0 Å². The fraction of sp³-hybridized carbons (Fsp3) is 0.143. The Labute approximate surface area is 123 Å². The minimum atomic E-state index is -1.41. The van der Waals surface area contributed by atoms with Crippen LogP contribution >= 0.6 is 27.5 Å². The van der Waals surface area contributed by atoms with Crippen LogP contribution in [0.4, 0.5) is 8.78 Å². The second kappa shape index (κ2) is 5.57. The molecule has 1 atom stereocenters. The van der Waals surface area contributed by atoms with E-state index in [-0.39, 0.29) is 4.47 Å². The molecule has 0 aliphatic carbocycles. The van der Waals surface area contributed by atoms with Gasteiger partial charge in [0.1, 0.15) is 17.7 Å². The van der Waals surface area contributed by atoms with E-state index >= 15 is 0 Å². The molecule has 0 bridgehead atoms. The smallest absolute Gasteiger partial charge is 0.146 e. The van der Waals surface area contributed by atoms with Gasteiger partial charge in [0.2, 0.25) is 0 Å². The third-order valence-corrected chi connectivity index (χ3v) is 3.56. The lowest BCUT2D eigenvalue weighted by Gasteiger charge is -2.15. The van der Waals surface area contributed by atoms with Gasteiger partial charge in [-0.25, -0.2) is 8.78 Å². The average molecular weight is 348 g/mol. The molecule has 1 nitrogen and oxygen atoms in total. The minimum absolute atomic E-state index is 0.0988. The van der Waals surface area contributed by atoms with Crippen molar-refractivity contribution in [2.75, 3.05) is 0 Å². The van der Waals surface area contributed by atoms with E-state index in [1.807, 2.05) is 0 Å². The van der Waals surface area contributed by atoms with Gasteiger partial charge in [-0.2, -0.15) is 0 Å². The van der Waals surface area contributed by atoms with Crippen LogP contribution in [0.5, 0.6) is 0 Å². The molecular weight excluding hydrogens is 338 g/mol. The van der Waals surface area contributed by atoms with Crippen LogP contribution in [0.15, 0.2) is 34.8 Å². The Hall–Kier alpha value is -0.970. The molecule has 2 aromatic rings. The van der Waals surface area contributed by atoms with Crippen molar-refractivity contribution in [1.29, 1.82) is 0 Å². The van der Waals surface area contributed by atoms with Crippen molar-refractivity contribution in [2.45, 2.75) is 13.0 Å². The normalized spacial score (nSPS) is 12.5. The summed E-state index contributed by atoms with van der Waals surface area (Å²) in [5.41, 5.74) is 0.759. The molecule has 100 valence electrons. The lowest BCUT2D eigenvalue weighted by Crippen LogP contribution is -2.06. The van der Waals surface area contributed by atoms with Gasteiger partial charge in [-0.3, -0.25) is 0 Å². The molecule has 19 heavy (non-hydrogen) atoms. The molecule has 0 aliphatic rings. The van der Waals surface area contributed by atoms with Crippen LogP contribution in [0.25, 0.3) is 0 Å². The predicted octanol–water partition coefficient (Wildman–Crippen LogP) is 4.77. The van der Waals surface area contributed by atoms with Gasteiger partial charge in [0, 0.05) is 5.02 Å². The third kappa shape index (κ3) is 2.96. The molecule has 0 saturated carbocycles. The number of aliphatic hydroxyl groups excluding tert-OH is 1. The molecule has 1 unspecified atom stereocenters. The molecule has 0 saturated heterocycles. The van der Waals surface area contributed by atoms with Crippen LogP contribution in [0.2, 0.25) is 5.02 Å². The van der Waals surface area contributed by atoms with E-state index in [2.05, 4.69) is 15.9 Å². The highest BCUT2D eigenvalue weighted by Gasteiger charge is 2.22. The summed E-state index contributed by atoms with van der Waals surface area (Å²) in [4.78, 5) is 0. The predicted molar refractivity (Wildman–Crippen MR) is 74.3 cm³/mol. The minimum Gasteiger partial charge on any atom is -0.383 e. The maximum absolute atomic E-state index is 13.9. The van der Waals surface area contributed by atoms with Gasteiger partial charge < -0.3 is 5.11 Å². The zero-order valence-electron chi connectivity index (χ0n) is 9.92. The number of hydrogen-bond donors (Lipinski definition) is 1. The van der Waals surface area contributed by atoms with Gasteiger partial charge in [-0.15, -0.1) is 0 Å². The van der Waals surface area contributed by atoms with Crippen molar-refractivity contribution < 1.29 is 13.9 Å². The highest BCUT2D eigenvalue weighted by atomic mass is 79.9. The van der Waals surface area contributed by atoms with Crippen molar-refractivity contribution in [2.24, 2.45) is 0 Å². The largest absolute Gasteiger partial charge is 0.383 e.